The molecular formula is C16H16N2O3. The van der Waals surface area contributed by atoms with E-state index >= 15 is 0 Å². The molecule has 1 aromatic carbocycles. The number of carboxylic acids is 1. The van der Waals surface area contributed by atoms with E-state index in [0.29, 0.717) is 6.42 Å². The number of carbonyl (C=O) groups is 1. The van der Waals surface area contributed by atoms with Crippen molar-refractivity contribution in [1.82, 2.24) is 4.98 Å². The van der Waals surface area contributed by atoms with Crippen LogP contribution in [0.3, 0.4) is 0 Å². The highest BCUT2D eigenvalue weighted by Gasteiger charge is 2.50. The Bertz CT molecular complexity index is 731. The number of benzene rings is 1. The van der Waals surface area contributed by atoms with E-state index in [2.05, 4.69) is 9.88 Å². The first kappa shape index (κ1) is 12.4. The largest absolute Gasteiger partial charge is 0.508 e. The zero-order valence-corrected chi connectivity index (χ0v) is 11.4. The van der Waals surface area contributed by atoms with Gasteiger partial charge in [0.05, 0.1) is 5.92 Å². The van der Waals surface area contributed by atoms with Gasteiger partial charge in [0.2, 0.25) is 0 Å². The number of pyridine rings is 1. The van der Waals surface area contributed by atoms with Gasteiger partial charge in [-0.2, -0.15) is 0 Å². The fourth-order valence-corrected chi connectivity index (χ4v) is 3.93. The van der Waals surface area contributed by atoms with Crippen LogP contribution in [0.15, 0.2) is 30.5 Å². The molecule has 0 amide bonds. The number of anilines is 1. The SMILES string of the molecule is O=C(O)C1CC2CCC1N2c1nccc2ccc(O)cc12. The maximum atomic E-state index is 11.4. The van der Waals surface area contributed by atoms with Gasteiger partial charge in [0, 0.05) is 23.7 Å². The average Bonchev–Trinajstić information content (AvgIpc) is 3.04. The lowest BCUT2D eigenvalue weighted by Crippen LogP contribution is -2.33. The first-order valence-corrected chi connectivity index (χ1v) is 7.24. The molecule has 2 bridgehead atoms. The summed E-state index contributed by atoms with van der Waals surface area (Å²) in [5, 5.41) is 21.0. The molecule has 0 radical (unpaired) electrons. The normalized spacial score (nSPS) is 27.4. The molecule has 5 nitrogen and oxygen atoms in total. The number of phenols is 1. The monoisotopic (exact) mass is 284 g/mol. The van der Waals surface area contributed by atoms with Gasteiger partial charge in [-0.15, -0.1) is 0 Å². The van der Waals surface area contributed by atoms with E-state index in [1.165, 1.54) is 0 Å². The Kier molecular flexibility index (Phi) is 2.58. The molecule has 2 aliphatic heterocycles. The number of aromatic hydroxyl groups is 1. The quantitative estimate of drug-likeness (QED) is 0.885. The van der Waals surface area contributed by atoms with Crippen molar-refractivity contribution in [1.29, 1.82) is 0 Å². The third kappa shape index (κ3) is 1.77. The highest BCUT2D eigenvalue weighted by atomic mass is 16.4. The smallest absolute Gasteiger partial charge is 0.308 e. The van der Waals surface area contributed by atoms with Crippen LogP contribution < -0.4 is 4.90 Å². The Labute approximate surface area is 121 Å². The van der Waals surface area contributed by atoms with E-state index in [4.69, 9.17) is 0 Å². The number of carboxylic acid groups (broad SMARTS) is 1. The molecule has 3 atom stereocenters. The predicted octanol–water partition coefficient (Wildman–Crippen LogP) is 2.38. The van der Waals surface area contributed by atoms with Crippen LogP contribution in [0.4, 0.5) is 5.82 Å². The first-order valence-electron chi connectivity index (χ1n) is 7.24. The number of hydrogen-bond acceptors (Lipinski definition) is 4. The van der Waals surface area contributed by atoms with Gasteiger partial charge in [0.15, 0.2) is 0 Å². The first-order chi connectivity index (χ1) is 10.1. The Morgan fingerprint density at radius 3 is 2.90 bits per heavy atom. The van der Waals surface area contributed by atoms with Crippen LogP contribution in [0, 0.1) is 5.92 Å². The number of phenolic OH excluding ortho intramolecular Hbond substituents is 1. The van der Waals surface area contributed by atoms with Crippen molar-refractivity contribution in [2.45, 2.75) is 31.3 Å². The fraction of sp³-hybridized carbons (Fsp3) is 0.375. The number of nitrogens with zero attached hydrogens (tertiary/aromatic N) is 2. The molecule has 3 unspecified atom stereocenters. The molecule has 0 spiro atoms. The van der Waals surface area contributed by atoms with E-state index in [0.717, 1.165) is 29.4 Å². The minimum Gasteiger partial charge on any atom is -0.508 e. The van der Waals surface area contributed by atoms with Crippen LogP contribution in [-0.2, 0) is 4.79 Å². The summed E-state index contributed by atoms with van der Waals surface area (Å²) in [5.74, 6) is -0.00822. The second-order valence-electron chi connectivity index (χ2n) is 5.93. The van der Waals surface area contributed by atoms with Gasteiger partial charge in [-0.1, -0.05) is 6.07 Å². The number of hydrogen-bond donors (Lipinski definition) is 2. The van der Waals surface area contributed by atoms with Crippen molar-refractivity contribution in [3.8, 4) is 5.75 Å². The van der Waals surface area contributed by atoms with Gasteiger partial charge in [-0.25, -0.2) is 4.98 Å². The minimum atomic E-state index is -0.713. The van der Waals surface area contributed by atoms with Crippen molar-refractivity contribution in [2.75, 3.05) is 4.90 Å². The molecule has 4 rings (SSSR count). The second-order valence-corrected chi connectivity index (χ2v) is 5.93. The standard InChI is InChI=1S/C16H16N2O3/c19-11-3-1-9-5-6-17-15(12(9)8-11)18-10-2-4-14(18)13(7-10)16(20)21/h1,3,5-6,8,10,13-14,19H,2,4,7H2,(H,20,21). The third-order valence-corrected chi connectivity index (χ3v) is 4.83. The Morgan fingerprint density at radius 2 is 2.14 bits per heavy atom. The molecule has 1 aromatic heterocycles. The van der Waals surface area contributed by atoms with E-state index in [1.54, 1.807) is 18.3 Å². The molecule has 2 N–H and O–H groups in total. The maximum absolute atomic E-state index is 11.4. The second kappa shape index (κ2) is 4.35. The Morgan fingerprint density at radius 1 is 1.29 bits per heavy atom. The van der Waals surface area contributed by atoms with Crippen molar-refractivity contribution < 1.29 is 15.0 Å². The van der Waals surface area contributed by atoms with Gasteiger partial charge in [0.25, 0.3) is 0 Å². The van der Waals surface area contributed by atoms with Gasteiger partial charge >= 0.3 is 5.97 Å². The van der Waals surface area contributed by atoms with Crippen molar-refractivity contribution in [2.24, 2.45) is 5.92 Å². The van der Waals surface area contributed by atoms with Gasteiger partial charge in [-0.05, 0) is 42.8 Å². The molecule has 2 aliphatic rings. The van der Waals surface area contributed by atoms with E-state index in [9.17, 15) is 15.0 Å². The molecule has 2 fully saturated rings. The highest BCUT2D eigenvalue weighted by molar-refractivity contribution is 5.94. The highest BCUT2D eigenvalue weighted by Crippen LogP contribution is 2.45. The Hall–Kier alpha value is -2.30. The van der Waals surface area contributed by atoms with Crippen LogP contribution in [0.2, 0.25) is 0 Å². The molecule has 0 aliphatic carbocycles. The summed E-state index contributed by atoms with van der Waals surface area (Å²) in [6.07, 6.45) is 4.36. The summed E-state index contributed by atoms with van der Waals surface area (Å²) in [6.45, 7) is 0. The van der Waals surface area contributed by atoms with Crippen molar-refractivity contribution >= 4 is 22.6 Å². The van der Waals surface area contributed by atoms with Crippen LogP contribution in [-0.4, -0.2) is 33.3 Å². The minimum absolute atomic E-state index is 0.0212. The number of fused-ring (bicyclic) bond motifs is 3. The number of rotatable bonds is 2. The topological polar surface area (TPSA) is 73.7 Å². The summed E-state index contributed by atoms with van der Waals surface area (Å²) in [7, 11) is 0. The van der Waals surface area contributed by atoms with Crippen LogP contribution in [0.25, 0.3) is 10.8 Å². The van der Waals surface area contributed by atoms with Crippen molar-refractivity contribution in [3.63, 3.8) is 0 Å². The lowest BCUT2D eigenvalue weighted by molar-refractivity contribution is -0.142. The lowest BCUT2D eigenvalue weighted by atomic mass is 9.89. The van der Waals surface area contributed by atoms with Crippen LogP contribution >= 0.6 is 0 Å². The molecule has 2 aromatic rings. The Balaban J connectivity index is 1.84. The predicted molar refractivity (Wildman–Crippen MR) is 78.4 cm³/mol. The van der Waals surface area contributed by atoms with E-state index < -0.39 is 5.97 Å². The van der Waals surface area contributed by atoms with Crippen LogP contribution in [0.1, 0.15) is 19.3 Å². The summed E-state index contributed by atoms with van der Waals surface area (Å²) >= 11 is 0. The molecular weight excluding hydrogens is 268 g/mol. The summed E-state index contributed by atoms with van der Waals surface area (Å²) in [6, 6.07) is 7.41. The third-order valence-electron chi connectivity index (χ3n) is 4.83. The molecule has 21 heavy (non-hydrogen) atoms. The summed E-state index contributed by atoms with van der Waals surface area (Å²) in [5.41, 5.74) is 0. The molecule has 2 saturated heterocycles. The van der Waals surface area contributed by atoms with Crippen LogP contribution in [0.5, 0.6) is 5.75 Å². The van der Waals surface area contributed by atoms with E-state index in [1.807, 2.05) is 12.1 Å². The molecule has 5 heteroatoms. The average molecular weight is 284 g/mol. The summed E-state index contributed by atoms with van der Waals surface area (Å²) < 4.78 is 0. The molecule has 0 saturated carbocycles. The van der Waals surface area contributed by atoms with Gasteiger partial charge in [0.1, 0.15) is 11.6 Å². The lowest BCUT2D eigenvalue weighted by Gasteiger charge is -2.25. The molecule has 3 heterocycles. The number of aromatic nitrogens is 1. The maximum Gasteiger partial charge on any atom is 0.308 e. The fourth-order valence-electron chi connectivity index (χ4n) is 3.93. The molecule has 108 valence electrons. The van der Waals surface area contributed by atoms with Crippen molar-refractivity contribution in [3.05, 3.63) is 30.5 Å². The zero-order valence-electron chi connectivity index (χ0n) is 11.4. The number of aliphatic carboxylic acids is 1. The zero-order chi connectivity index (χ0) is 14.6. The van der Waals surface area contributed by atoms with Gasteiger partial charge < -0.3 is 15.1 Å². The van der Waals surface area contributed by atoms with E-state index in [-0.39, 0.29) is 23.8 Å². The summed E-state index contributed by atoms with van der Waals surface area (Å²) in [4.78, 5) is 18.1. The van der Waals surface area contributed by atoms with Gasteiger partial charge in [-0.3, -0.25) is 4.79 Å².